The smallest absolute Gasteiger partial charge is 0.407 e. The molecule has 0 spiro atoms. The molecule has 4 rings (SSSR count). The molecule has 2 aliphatic rings. The second kappa shape index (κ2) is 10.3. The van der Waals surface area contributed by atoms with E-state index in [2.05, 4.69) is 34.9 Å². The maximum atomic E-state index is 12.5. The Bertz CT molecular complexity index is 1020. The van der Waals surface area contributed by atoms with E-state index < -0.39 is 18.1 Å². The molecule has 2 amide bonds. The number of benzene rings is 2. The SMILES string of the molecule is CCC[C@@H](NC(=O)CC1(CNC(=O)OCC2c3ccccc3-c3ccccc32)CCC1)C(=O)O. The van der Waals surface area contributed by atoms with Crippen molar-refractivity contribution in [3.8, 4) is 11.1 Å². The van der Waals surface area contributed by atoms with Crippen LogP contribution >= 0.6 is 0 Å². The van der Waals surface area contributed by atoms with Crippen LogP contribution in [0, 0.1) is 5.41 Å². The fourth-order valence-corrected chi connectivity index (χ4v) is 5.13. The molecule has 0 saturated heterocycles. The van der Waals surface area contributed by atoms with Gasteiger partial charge < -0.3 is 20.5 Å². The molecule has 1 saturated carbocycles. The zero-order valence-corrected chi connectivity index (χ0v) is 19.5. The standard InChI is InChI=1S/C27H32N2O5/c1-2-8-23(25(31)32)29-24(30)15-27(13-7-14-27)17-28-26(33)34-16-22-20-11-5-3-9-18(20)19-10-4-6-12-21(19)22/h3-6,9-12,22-23H,2,7-8,13-17H2,1H3,(H,28,33)(H,29,30)(H,31,32)/t23-/m1/s1. The molecular weight excluding hydrogens is 432 g/mol. The quantitative estimate of drug-likeness (QED) is 0.482. The number of carbonyl (C=O) groups excluding carboxylic acids is 2. The Balaban J connectivity index is 1.31. The second-order valence-electron chi connectivity index (χ2n) is 9.46. The molecular formula is C27H32N2O5. The Morgan fingerprint density at radius 2 is 1.68 bits per heavy atom. The normalized spacial score (nSPS) is 16.5. The summed E-state index contributed by atoms with van der Waals surface area (Å²) in [4.78, 5) is 36.4. The van der Waals surface area contributed by atoms with Crippen molar-refractivity contribution in [3.63, 3.8) is 0 Å². The Labute approximate surface area is 199 Å². The summed E-state index contributed by atoms with van der Waals surface area (Å²) in [7, 11) is 0. The molecule has 7 heteroatoms. The molecule has 0 heterocycles. The molecule has 1 atom stereocenters. The molecule has 7 nitrogen and oxygen atoms in total. The summed E-state index contributed by atoms with van der Waals surface area (Å²) in [6.45, 7) is 2.46. The lowest BCUT2D eigenvalue weighted by Gasteiger charge is -2.41. The maximum absolute atomic E-state index is 12.5. The Morgan fingerprint density at radius 1 is 1.06 bits per heavy atom. The van der Waals surface area contributed by atoms with Crippen LogP contribution in [0.25, 0.3) is 11.1 Å². The summed E-state index contributed by atoms with van der Waals surface area (Å²) in [5.41, 5.74) is 4.32. The molecule has 34 heavy (non-hydrogen) atoms. The van der Waals surface area contributed by atoms with E-state index in [1.807, 2.05) is 31.2 Å². The second-order valence-corrected chi connectivity index (χ2v) is 9.46. The van der Waals surface area contributed by atoms with Crippen LogP contribution in [0.3, 0.4) is 0 Å². The zero-order valence-electron chi connectivity index (χ0n) is 19.5. The van der Waals surface area contributed by atoms with Crippen LogP contribution in [0.1, 0.15) is 62.5 Å². The summed E-state index contributed by atoms with van der Waals surface area (Å²) in [6, 6.07) is 15.5. The molecule has 2 aliphatic carbocycles. The average Bonchev–Trinajstić information content (AvgIpc) is 3.12. The van der Waals surface area contributed by atoms with Gasteiger partial charge in [0, 0.05) is 18.9 Å². The summed E-state index contributed by atoms with van der Waals surface area (Å²) in [6.07, 6.45) is 3.38. The van der Waals surface area contributed by atoms with E-state index in [4.69, 9.17) is 4.74 Å². The molecule has 2 aromatic carbocycles. The lowest BCUT2D eigenvalue weighted by atomic mass is 9.66. The van der Waals surface area contributed by atoms with E-state index in [0.717, 1.165) is 30.4 Å². The lowest BCUT2D eigenvalue weighted by molar-refractivity contribution is -0.142. The van der Waals surface area contributed by atoms with Crippen LogP contribution in [-0.4, -0.2) is 42.3 Å². The Kier molecular flexibility index (Phi) is 7.20. The van der Waals surface area contributed by atoms with Gasteiger partial charge in [-0.3, -0.25) is 4.79 Å². The van der Waals surface area contributed by atoms with E-state index in [-0.39, 0.29) is 30.3 Å². The van der Waals surface area contributed by atoms with Crippen molar-refractivity contribution in [2.45, 2.75) is 57.4 Å². The number of alkyl carbamates (subject to hydrolysis) is 1. The predicted octanol–water partition coefficient (Wildman–Crippen LogP) is 4.46. The van der Waals surface area contributed by atoms with Crippen LogP contribution in [0.15, 0.2) is 48.5 Å². The topological polar surface area (TPSA) is 105 Å². The highest BCUT2D eigenvalue weighted by molar-refractivity contribution is 5.84. The van der Waals surface area contributed by atoms with Crippen LogP contribution < -0.4 is 10.6 Å². The molecule has 0 unspecified atom stereocenters. The van der Waals surface area contributed by atoms with Crippen molar-refractivity contribution in [1.29, 1.82) is 0 Å². The lowest BCUT2D eigenvalue weighted by Crippen LogP contribution is -2.48. The number of fused-ring (bicyclic) bond motifs is 3. The highest BCUT2D eigenvalue weighted by Gasteiger charge is 2.40. The number of carbonyl (C=O) groups is 3. The fourth-order valence-electron chi connectivity index (χ4n) is 5.13. The minimum absolute atomic E-state index is 0.00638. The first-order chi connectivity index (χ1) is 16.4. The average molecular weight is 465 g/mol. The Hall–Kier alpha value is -3.35. The maximum Gasteiger partial charge on any atom is 0.407 e. The van der Waals surface area contributed by atoms with E-state index in [1.165, 1.54) is 11.1 Å². The molecule has 3 N–H and O–H groups in total. The minimum atomic E-state index is -1.02. The number of nitrogens with one attached hydrogen (secondary N) is 2. The number of hydrogen-bond donors (Lipinski definition) is 3. The van der Waals surface area contributed by atoms with Crippen molar-refractivity contribution >= 4 is 18.0 Å². The first kappa shape index (κ1) is 23.8. The van der Waals surface area contributed by atoms with Crippen LogP contribution in [0.4, 0.5) is 4.79 Å². The molecule has 0 bridgehead atoms. The fraction of sp³-hybridized carbons (Fsp3) is 0.444. The number of aliphatic carboxylic acids is 1. The van der Waals surface area contributed by atoms with Gasteiger partial charge in [0.15, 0.2) is 0 Å². The van der Waals surface area contributed by atoms with Gasteiger partial charge in [0.1, 0.15) is 12.6 Å². The molecule has 0 radical (unpaired) electrons. The third kappa shape index (κ3) is 5.08. The van der Waals surface area contributed by atoms with E-state index in [0.29, 0.717) is 19.4 Å². The molecule has 0 aliphatic heterocycles. The molecule has 1 fully saturated rings. The van der Waals surface area contributed by atoms with Crippen LogP contribution in [-0.2, 0) is 14.3 Å². The van der Waals surface area contributed by atoms with Crippen molar-refractivity contribution in [2.75, 3.05) is 13.2 Å². The van der Waals surface area contributed by atoms with E-state index in [1.54, 1.807) is 0 Å². The first-order valence-electron chi connectivity index (χ1n) is 12.0. The number of rotatable bonds is 10. The molecule has 2 aromatic rings. The number of amides is 2. The highest BCUT2D eigenvalue weighted by atomic mass is 16.5. The van der Waals surface area contributed by atoms with E-state index >= 15 is 0 Å². The molecule has 180 valence electrons. The minimum Gasteiger partial charge on any atom is -0.480 e. The largest absolute Gasteiger partial charge is 0.480 e. The number of hydrogen-bond acceptors (Lipinski definition) is 4. The summed E-state index contributed by atoms with van der Waals surface area (Å²) in [5.74, 6) is -1.31. The van der Waals surface area contributed by atoms with E-state index in [9.17, 15) is 19.5 Å². The third-order valence-electron chi connectivity index (χ3n) is 7.11. The Morgan fingerprint density at radius 3 is 2.21 bits per heavy atom. The van der Waals surface area contributed by atoms with Gasteiger partial charge in [0.05, 0.1) is 0 Å². The summed E-state index contributed by atoms with van der Waals surface area (Å²) >= 11 is 0. The van der Waals surface area contributed by atoms with Gasteiger partial charge in [-0.25, -0.2) is 9.59 Å². The predicted molar refractivity (Wildman–Crippen MR) is 128 cm³/mol. The van der Waals surface area contributed by atoms with Gasteiger partial charge >= 0.3 is 12.1 Å². The first-order valence-corrected chi connectivity index (χ1v) is 12.0. The van der Waals surface area contributed by atoms with Crippen LogP contribution in [0.2, 0.25) is 0 Å². The summed E-state index contributed by atoms with van der Waals surface area (Å²) in [5, 5.41) is 14.8. The van der Waals surface area contributed by atoms with Gasteiger partial charge in [0.25, 0.3) is 0 Å². The van der Waals surface area contributed by atoms with Crippen LogP contribution in [0.5, 0.6) is 0 Å². The van der Waals surface area contributed by atoms with Gasteiger partial charge in [-0.1, -0.05) is 68.3 Å². The molecule has 0 aromatic heterocycles. The van der Waals surface area contributed by atoms with Gasteiger partial charge in [-0.05, 0) is 46.9 Å². The monoisotopic (exact) mass is 464 g/mol. The van der Waals surface area contributed by atoms with Gasteiger partial charge in [-0.15, -0.1) is 0 Å². The third-order valence-corrected chi connectivity index (χ3v) is 7.11. The van der Waals surface area contributed by atoms with Crippen molar-refractivity contribution in [3.05, 3.63) is 59.7 Å². The summed E-state index contributed by atoms with van der Waals surface area (Å²) < 4.78 is 5.61. The van der Waals surface area contributed by atoms with Crippen molar-refractivity contribution in [1.82, 2.24) is 10.6 Å². The number of ether oxygens (including phenoxy) is 1. The number of carboxylic acid groups (broad SMARTS) is 1. The zero-order chi connectivity index (χ0) is 24.1. The number of carboxylic acids is 1. The van der Waals surface area contributed by atoms with Crippen molar-refractivity contribution < 1.29 is 24.2 Å². The highest BCUT2D eigenvalue weighted by Crippen LogP contribution is 2.45. The van der Waals surface area contributed by atoms with Crippen molar-refractivity contribution in [2.24, 2.45) is 5.41 Å². The van der Waals surface area contributed by atoms with Gasteiger partial charge in [0.2, 0.25) is 5.91 Å². The van der Waals surface area contributed by atoms with Gasteiger partial charge in [-0.2, -0.15) is 0 Å².